The van der Waals surface area contributed by atoms with Gasteiger partial charge in [0.25, 0.3) is 5.91 Å². The lowest BCUT2D eigenvalue weighted by Crippen LogP contribution is -2.40. The highest BCUT2D eigenvalue weighted by atomic mass is 16.5. The number of nitrogens with zero attached hydrogens (tertiary/aromatic N) is 4. The normalized spacial score (nSPS) is 15.9. The number of ether oxygens (including phenoxy) is 2. The zero-order valence-electron chi connectivity index (χ0n) is 14.2. The third-order valence-electron chi connectivity index (χ3n) is 3.70. The number of aromatic nitrogens is 3. The van der Waals surface area contributed by atoms with Crippen molar-refractivity contribution in [2.24, 2.45) is 0 Å². The van der Waals surface area contributed by atoms with E-state index in [2.05, 4.69) is 20.5 Å². The molecule has 1 saturated heterocycles. The molecule has 1 aliphatic rings. The summed E-state index contributed by atoms with van der Waals surface area (Å²) >= 11 is 0. The molecular formula is C16H17N5O4. The monoisotopic (exact) mass is 343 g/mol. The summed E-state index contributed by atoms with van der Waals surface area (Å²) in [6.07, 6.45) is 1.22. The van der Waals surface area contributed by atoms with E-state index in [1.165, 1.54) is 6.20 Å². The second-order valence-electron chi connectivity index (χ2n) is 6.03. The molecule has 3 rings (SSSR count). The number of hydrogen-bond donors (Lipinski definition) is 1. The maximum atomic E-state index is 12.3. The van der Waals surface area contributed by atoms with Crippen molar-refractivity contribution in [2.45, 2.75) is 26.3 Å². The van der Waals surface area contributed by atoms with Gasteiger partial charge in [0.1, 0.15) is 17.0 Å². The fourth-order valence-corrected chi connectivity index (χ4v) is 2.36. The van der Waals surface area contributed by atoms with Crippen LogP contribution in [0.3, 0.4) is 0 Å². The van der Waals surface area contributed by atoms with E-state index in [4.69, 9.17) is 9.47 Å². The third-order valence-corrected chi connectivity index (χ3v) is 3.70. The zero-order valence-corrected chi connectivity index (χ0v) is 14.2. The number of anilines is 1. The Morgan fingerprint density at radius 2 is 2.00 bits per heavy atom. The minimum Gasteiger partial charge on any atom is -0.496 e. The van der Waals surface area contributed by atoms with Crippen LogP contribution in [0.1, 0.15) is 19.4 Å². The summed E-state index contributed by atoms with van der Waals surface area (Å²) in [5.41, 5.74) is -0.0582. The van der Waals surface area contributed by atoms with Gasteiger partial charge in [0.05, 0.1) is 13.3 Å². The largest absolute Gasteiger partial charge is 0.496 e. The molecule has 25 heavy (non-hydrogen) atoms. The summed E-state index contributed by atoms with van der Waals surface area (Å²) < 4.78 is 10.8. The fourth-order valence-electron chi connectivity index (χ4n) is 2.36. The van der Waals surface area contributed by atoms with E-state index in [0.717, 1.165) is 10.5 Å². The van der Waals surface area contributed by atoms with E-state index in [1.807, 2.05) is 13.0 Å². The summed E-state index contributed by atoms with van der Waals surface area (Å²) in [5.74, 6) is 0.703. The molecule has 1 fully saturated rings. The average molecular weight is 343 g/mol. The van der Waals surface area contributed by atoms with Gasteiger partial charge in [0, 0.05) is 6.07 Å². The number of benzene rings is 1. The van der Waals surface area contributed by atoms with Crippen molar-refractivity contribution in [1.82, 2.24) is 20.5 Å². The Kier molecular flexibility index (Phi) is 3.99. The molecule has 130 valence electrons. The van der Waals surface area contributed by atoms with Gasteiger partial charge in [-0.25, -0.2) is 9.69 Å². The lowest BCUT2D eigenvalue weighted by molar-refractivity contribution is -0.121. The summed E-state index contributed by atoms with van der Waals surface area (Å²) in [5, 5.41) is 10.1. The van der Waals surface area contributed by atoms with E-state index < -0.39 is 17.5 Å². The van der Waals surface area contributed by atoms with Crippen LogP contribution < -0.4 is 19.7 Å². The number of hydrogen-bond acceptors (Lipinski definition) is 7. The number of amides is 3. The summed E-state index contributed by atoms with van der Waals surface area (Å²) in [4.78, 5) is 29.4. The maximum absolute atomic E-state index is 12.3. The smallest absolute Gasteiger partial charge is 0.343 e. The van der Waals surface area contributed by atoms with Crippen molar-refractivity contribution in [3.8, 4) is 17.5 Å². The molecule has 1 N–H and O–H groups in total. The molecule has 0 radical (unpaired) electrons. The summed E-state index contributed by atoms with van der Waals surface area (Å²) in [7, 11) is 1.56. The van der Waals surface area contributed by atoms with Gasteiger partial charge in [0.2, 0.25) is 0 Å². The van der Waals surface area contributed by atoms with Crippen molar-refractivity contribution in [2.75, 3.05) is 12.0 Å². The highest BCUT2D eigenvalue weighted by Gasteiger charge is 2.46. The van der Waals surface area contributed by atoms with Crippen LogP contribution in [0, 0.1) is 6.92 Å². The third kappa shape index (κ3) is 3.08. The lowest BCUT2D eigenvalue weighted by atomic mass is 10.1. The molecule has 1 aliphatic heterocycles. The van der Waals surface area contributed by atoms with Crippen LogP contribution in [-0.4, -0.2) is 39.8 Å². The van der Waals surface area contributed by atoms with Gasteiger partial charge in [-0.2, -0.15) is 10.1 Å². The van der Waals surface area contributed by atoms with Crippen molar-refractivity contribution < 1.29 is 19.1 Å². The Hall–Kier alpha value is -3.23. The Morgan fingerprint density at radius 3 is 2.64 bits per heavy atom. The van der Waals surface area contributed by atoms with Crippen LogP contribution >= 0.6 is 0 Å². The van der Waals surface area contributed by atoms with Crippen LogP contribution in [0.25, 0.3) is 0 Å². The van der Waals surface area contributed by atoms with E-state index in [0.29, 0.717) is 11.5 Å². The van der Waals surface area contributed by atoms with Gasteiger partial charge in [-0.05, 0) is 32.4 Å². The van der Waals surface area contributed by atoms with E-state index in [-0.39, 0.29) is 11.8 Å². The molecule has 0 aliphatic carbocycles. The Balaban J connectivity index is 1.88. The average Bonchev–Trinajstić information content (AvgIpc) is 2.77. The van der Waals surface area contributed by atoms with E-state index in [9.17, 15) is 9.59 Å². The summed E-state index contributed by atoms with van der Waals surface area (Å²) in [6.45, 7) is 5.12. The number of urea groups is 1. The molecule has 1 aromatic carbocycles. The molecule has 0 atom stereocenters. The van der Waals surface area contributed by atoms with Crippen LogP contribution in [0.2, 0.25) is 0 Å². The maximum Gasteiger partial charge on any atom is 0.343 e. The first-order chi connectivity index (χ1) is 11.8. The van der Waals surface area contributed by atoms with Gasteiger partial charge in [-0.15, -0.1) is 0 Å². The first-order valence-electron chi connectivity index (χ1n) is 7.51. The highest BCUT2D eigenvalue weighted by Crippen LogP contribution is 2.28. The number of rotatable bonds is 4. The predicted molar refractivity (Wildman–Crippen MR) is 87.7 cm³/mol. The van der Waals surface area contributed by atoms with Crippen LogP contribution in [0.4, 0.5) is 10.6 Å². The Morgan fingerprint density at radius 1 is 1.24 bits per heavy atom. The van der Waals surface area contributed by atoms with Crippen molar-refractivity contribution in [1.29, 1.82) is 0 Å². The number of carbonyl (C=O) groups excluding carboxylic acids is 2. The quantitative estimate of drug-likeness (QED) is 0.844. The predicted octanol–water partition coefficient (Wildman–Crippen LogP) is 1.82. The minimum absolute atomic E-state index is 0.0390. The molecule has 9 heteroatoms. The summed E-state index contributed by atoms with van der Waals surface area (Å²) in [6, 6.07) is 4.57. The first-order valence-corrected chi connectivity index (χ1v) is 7.51. The van der Waals surface area contributed by atoms with Gasteiger partial charge in [-0.3, -0.25) is 4.79 Å². The SMILES string of the molecule is COc1cc(Oc2nncc(N3C(=O)NC(C)(C)C3=O)n2)ccc1C. The molecule has 0 unspecified atom stereocenters. The fraction of sp³-hybridized carbons (Fsp3) is 0.312. The van der Waals surface area contributed by atoms with Gasteiger partial charge < -0.3 is 14.8 Å². The molecular weight excluding hydrogens is 326 g/mol. The van der Waals surface area contributed by atoms with E-state index in [1.54, 1.807) is 33.1 Å². The van der Waals surface area contributed by atoms with Gasteiger partial charge in [0.15, 0.2) is 5.82 Å². The zero-order chi connectivity index (χ0) is 18.2. The molecule has 0 bridgehead atoms. The van der Waals surface area contributed by atoms with Crippen LogP contribution in [-0.2, 0) is 4.79 Å². The molecule has 1 aromatic heterocycles. The lowest BCUT2D eigenvalue weighted by Gasteiger charge is -2.15. The highest BCUT2D eigenvalue weighted by molar-refractivity contribution is 6.22. The molecule has 0 spiro atoms. The van der Waals surface area contributed by atoms with Crippen LogP contribution in [0.15, 0.2) is 24.4 Å². The second-order valence-corrected chi connectivity index (χ2v) is 6.03. The second kappa shape index (κ2) is 6.00. The van der Waals surface area contributed by atoms with Crippen molar-refractivity contribution in [3.05, 3.63) is 30.0 Å². The number of nitrogens with one attached hydrogen (secondary N) is 1. The molecule has 2 heterocycles. The van der Waals surface area contributed by atoms with Crippen molar-refractivity contribution in [3.63, 3.8) is 0 Å². The molecule has 2 aromatic rings. The number of aryl methyl sites for hydroxylation is 1. The van der Waals surface area contributed by atoms with Gasteiger partial charge in [-0.1, -0.05) is 11.2 Å². The standard InChI is InChI=1S/C16H17N5O4/c1-9-5-6-10(7-11(9)24-4)25-14-18-12(8-17-20-14)21-13(22)16(2,3)19-15(21)23/h5-8H,1-4H3,(H,19,23). The Labute approximate surface area is 144 Å². The Bertz CT molecular complexity index is 852. The van der Waals surface area contributed by atoms with Gasteiger partial charge >= 0.3 is 12.0 Å². The number of imide groups is 1. The van der Waals surface area contributed by atoms with E-state index >= 15 is 0 Å². The molecule has 9 nitrogen and oxygen atoms in total. The van der Waals surface area contributed by atoms with Crippen LogP contribution in [0.5, 0.6) is 17.5 Å². The van der Waals surface area contributed by atoms with Crippen molar-refractivity contribution >= 4 is 17.8 Å². The molecule has 0 saturated carbocycles. The number of carbonyl (C=O) groups is 2. The minimum atomic E-state index is -1.01. The number of methoxy groups -OCH3 is 1. The molecule has 3 amide bonds. The topological polar surface area (TPSA) is 107 Å². The first kappa shape index (κ1) is 16.6.